The van der Waals surface area contributed by atoms with E-state index in [1.54, 1.807) is 6.07 Å². The number of aryl methyl sites for hydroxylation is 2. The number of benzene rings is 2. The van der Waals surface area contributed by atoms with Crippen LogP contribution in [0.15, 0.2) is 53.1 Å². The van der Waals surface area contributed by atoms with Gasteiger partial charge in [-0.15, -0.1) is 0 Å². The Balaban J connectivity index is 1.76. The number of aromatic nitrogens is 1. The van der Waals surface area contributed by atoms with Crippen molar-refractivity contribution < 1.29 is 14.1 Å². The minimum Gasteiger partial charge on any atom is -0.484 e. The number of para-hydroxylation sites is 1. The lowest BCUT2D eigenvalue weighted by molar-refractivity contribution is 0.0950. The zero-order valence-corrected chi connectivity index (χ0v) is 15.2. The van der Waals surface area contributed by atoms with E-state index in [1.165, 1.54) is 5.56 Å². The van der Waals surface area contributed by atoms with Crippen LogP contribution in [0.4, 0.5) is 0 Å². The maximum Gasteiger partial charge on any atom is 0.255 e. The van der Waals surface area contributed by atoms with Gasteiger partial charge in [-0.3, -0.25) is 4.79 Å². The molecule has 0 aliphatic carbocycles. The van der Waals surface area contributed by atoms with Crippen LogP contribution in [-0.2, 0) is 6.61 Å². The number of nitrogens with zero attached hydrogens (tertiary/aromatic N) is 1. The van der Waals surface area contributed by atoms with E-state index in [9.17, 15) is 4.79 Å². The highest BCUT2D eigenvalue weighted by molar-refractivity contribution is 5.97. The van der Waals surface area contributed by atoms with E-state index in [1.807, 2.05) is 63.2 Å². The van der Waals surface area contributed by atoms with Crippen LogP contribution in [0.3, 0.4) is 0 Å². The molecule has 0 saturated heterocycles. The van der Waals surface area contributed by atoms with Crippen LogP contribution in [0.1, 0.15) is 34.2 Å². The van der Waals surface area contributed by atoms with Gasteiger partial charge >= 0.3 is 0 Å². The van der Waals surface area contributed by atoms with E-state index in [4.69, 9.17) is 9.26 Å². The van der Waals surface area contributed by atoms with Gasteiger partial charge in [0.05, 0.1) is 5.56 Å². The summed E-state index contributed by atoms with van der Waals surface area (Å²) in [6.45, 7) is 6.61. The fraction of sp³-hybridized carbons (Fsp3) is 0.238. The molecule has 3 rings (SSSR count). The van der Waals surface area contributed by atoms with Gasteiger partial charge < -0.3 is 14.6 Å². The largest absolute Gasteiger partial charge is 0.484 e. The van der Waals surface area contributed by atoms with Crippen molar-refractivity contribution in [2.45, 2.75) is 27.4 Å². The lowest BCUT2D eigenvalue weighted by Gasteiger charge is -2.12. The third-order valence-electron chi connectivity index (χ3n) is 4.06. The summed E-state index contributed by atoms with van der Waals surface area (Å²) >= 11 is 0. The monoisotopic (exact) mass is 350 g/mol. The minimum absolute atomic E-state index is 0.149. The normalized spacial score (nSPS) is 10.6. The van der Waals surface area contributed by atoms with Crippen molar-refractivity contribution in [1.29, 1.82) is 0 Å². The molecule has 0 saturated carbocycles. The number of ether oxygens (including phenoxy) is 1. The van der Waals surface area contributed by atoms with E-state index in [0.29, 0.717) is 23.6 Å². The second-order valence-corrected chi connectivity index (χ2v) is 6.14. The number of nitrogens with one attached hydrogen (secondary N) is 1. The molecule has 1 amide bonds. The Morgan fingerprint density at radius 3 is 2.65 bits per heavy atom. The van der Waals surface area contributed by atoms with Crippen LogP contribution in [-0.4, -0.2) is 17.6 Å². The quantitative estimate of drug-likeness (QED) is 0.720. The smallest absolute Gasteiger partial charge is 0.255 e. The fourth-order valence-corrected chi connectivity index (χ4v) is 2.66. The molecule has 1 N–H and O–H groups in total. The van der Waals surface area contributed by atoms with Crippen LogP contribution in [0.25, 0.3) is 11.3 Å². The molecular weight excluding hydrogens is 328 g/mol. The zero-order chi connectivity index (χ0) is 18.5. The number of amides is 1. The maximum absolute atomic E-state index is 12.2. The van der Waals surface area contributed by atoms with Crippen molar-refractivity contribution in [2.24, 2.45) is 0 Å². The molecule has 0 atom stereocenters. The Morgan fingerprint density at radius 1 is 1.15 bits per heavy atom. The number of carbonyl (C=O) groups excluding carboxylic acids is 1. The van der Waals surface area contributed by atoms with E-state index in [0.717, 1.165) is 16.8 Å². The Hall–Kier alpha value is -3.08. The Bertz CT molecular complexity index is 898. The van der Waals surface area contributed by atoms with Gasteiger partial charge in [0.15, 0.2) is 5.76 Å². The minimum atomic E-state index is -0.149. The molecule has 0 aliphatic rings. The Labute approximate surface area is 153 Å². The molecule has 5 nitrogen and oxygen atoms in total. The van der Waals surface area contributed by atoms with Gasteiger partial charge in [-0.25, -0.2) is 0 Å². The molecule has 0 fully saturated rings. The molecule has 0 spiro atoms. The van der Waals surface area contributed by atoms with Crippen molar-refractivity contribution in [2.75, 3.05) is 6.54 Å². The van der Waals surface area contributed by atoms with Gasteiger partial charge in [0.25, 0.3) is 5.91 Å². The number of rotatable bonds is 6. The summed E-state index contributed by atoms with van der Waals surface area (Å²) < 4.78 is 11.3. The summed E-state index contributed by atoms with van der Waals surface area (Å²) in [5, 5.41) is 6.91. The first-order valence-corrected chi connectivity index (χ1v) is 8.61. The fourth-order valence-electron chi connectivity index (χ4n) is 2.66. The molecule has 0 bridgehead atoms. The summed E-state index contributed by atoms with van der Waals surface area (Å²) in [6, 6.07) is 15.4. The van der Waals surface area contributed by atoms with E-state index < -0.39 is 0 Å². The molecular formula is C21H22N2O3. The standard InChI is InChI=1S/C21H22N2O3/c1-4-22-21(24)18-7-5-6-15(3)20(18)25-13-17-12-19(23-26-17)16-10-8-14(2)9-11-16/h5-12H,4,13H2,1-3H3,(H,22,24). The molecule has 5 heteroatoms. The summed E-state index contributed by atoms with van der Waals surface area (Å²) in [5.74, 6) is 1.02. The van der Waals surface area contributed by atoms with Gasteiger partial charge in [0.2, 0.25) is 0 Å². The van der Waals surface area contributed by atoms with E-state index >= 15 is 0 Å². The van der Waals surface area contributed by atoms with Crippen molar-refractivity contribution >= 4 is 5.91 Å². The SMILES string of the molecule is CCNC(=O)c1cccc(C)c1OCc1cc(-c2ccc(C)cc2)no1. The van der Waals surface area contributed by atoms with Crippen LogP contribution in [0, 0.1) is 13.8 Å². The summed E-state index contributed by atoms with van der Waals surface area (Å²) in [5.41, 5.74) is 4.36. The number of hydrogen-bond donors (Lipinski definition) is 1. The molecule has 3 aromatic rings. The van der Waals surface area contributed by atoms with Crippen LogP contribution < -0.4 is 10.1 Å². The Kier molecular flexibility index (Phi) is 5.37. The first kappa shape index (κ1) is 17.7. The first-order chi connectivity index (χ1) is 12.6. The lowest BCUT2D eigenvalue weighted by atomic mass is 10.1. The summed E-state index contributed by atoms with van der Waals surface area (Å²) in [7, 11) is 0. The molecule has 1 aromatic heterocycles. The predicted octanol–water partition coefficient (Wildman–Crippen LogP) is 4.29. The average Bonchev–Trinajstić information content (AvgIpc) is 3.10. The Morgan fingerprint density at radius 2 is 1.92 bits per heavy atom. The van der Waals surface area contributed by atoms with Crippen molar-refractivity contribution in [3.63, 3.8) is 0 Å². The van der Waals surface area contributed by atoms with Crippen LogP contribution in [0.5, 0.6) is 5.75 Å². The number of carbonyl (C=O) groups is 1. The lowest BCUT2D eigenvalue weighted by Crippen LogP contribution is -2.23. The second kappa shape index (κ2) is 7.87. The molecule has 26 heavy (non-hydrogen) atoms. The molecule has 134 valence electrons. The third-order valence-corrected chi connectivity index (χ3v) is 4.06. The molecule has 1 heterocycles. The topological polar surface area (TPSA) is 64.4 Å². The van der Waals surface area contributed by atoms with Gasteiger partial charge in [-0.1, -0.05) is 47.1 Å². The van der Waals surface area contributed by atoms with Gasteiger partial charge in [-0.05, 0) is 32.4 Å². The molecule has 0 unspecified atom stereocenters. The first-order valence-electron chi connectivity index (χ1n) is 8.61. The highest BCUT2D eigenvalue weighted by Gasteiger charge is 2.15. The van der Waals surface area contributed by atoms with Crippen LogP contribution >= 0.6 is 0 Å². The van der Waals surface area contributed by atoms with Gasteiger partial charge in [0.1, 0.15) is 18.1 Å². The van der Waals surface area contributed by atoms with Crippen molar-refractivity contribution in [3.8, 4) is 17.0 Å². The predicted molar refractivity (Wildman–Crippen MR) is 100 cm³/mol. The highest BCUT2D eigenvalue weighted by atomic mass is 16.5. The van der Waals surface area contributed by atoms with Crippen molar-refractivity contribution in [3.05, 3.63) is 71.0 Å². The molecule has 2 aromatic carbocycles. The summed E-state index contributed by atoms with van der Waals surface area (Å²) in [6.07, 6.45) is 0. The van der Waals surface area contributed by atoms with Gasteiger partial charge in [-0.2, -0.15) is 0 Å². The maximum atomic E-state index is 12.2. The van der Waals surface area contributed by atoms with E-state index in [-0.39, 0.29) is 12.5 Å². The highest BCUT2D eigenvalue weighted by Crippen LogP contribution is 2.26. The molecule has 0 aliphatic heterocycles. The van der Waals surface area contributed by atoms with Gasteiger partial charge in [0, 0.05) is 18.2 Å². The zero-order valence-electron chi connectivity index (χ0n) is 15.2. The van der Waals surface area contributed by atoms with Crippen molar-refractivity contribution in [1.82, 2.24) is 10.5 Å². The third kappa shape index (κ3) is 3.94. The second-order valence-electron chi connectivity index (χ2n) is 6.14. The van der Waals surface area contributed by atoms with E-state index in [2.05, 4.69) is 10.5 Å². The summed E-state index contributed by atoms with van der Waals surface area (Å²) in [4.78, 5) is 12.2. The van der Waals surface area contributed by atoms with Crippen LogP contribution in [0.2, 0.25) is 0 Å². The molecule has 0 radical (unpaired) electrons. The number of hydrogen-bond acceptors (Lipinski definition) is 4. The average molecular weight is 350 g/mol.